The number of carbonyl (C=O) groups is 1. The fraction of sp³-hybridized carbons (Fsp3) is 0.200. The number of halogens is 2. The van der Waals surface area contributed by atoms with Gasteiger partial charge in [0.25, 0.3) is 0 Å². The standard InChI is InChI=1S/C5H4I2N2O2/c1-9-2(4(10)11)3(6)8-5(9)7/h1H3,(H,10,11). The van der Waals surface area contributed by atoms with Gasteiger partial charge in [0.05, 0.1) is 0 Å². The first-order valence-corrected chi connectivity index (χ1v) is 4.80. The number of hydrogen-bond acceptors (Lipinski definition) is 2. The van der Waals surface area contributed by atoms with E-state index in [1.54, 1.807) is 11.6 Å². The summed E-state index contributed by atoms with van der Waals surface area (Å²) in [6.07, 6.45) is 0. The van der Waals surface area contributed by atoms with Gasteiger partial charge in [0.15, 0.2) is 9.53 Å². The third-order valence-electron chi connectivity index (χ3n) is 1.20. The molecule has 1 aromatic rings. The van der Waals surface area contributed by atoms with E-state index in [0.29, 0.717) is 7.53 Å². The smallest absolute Gasteiger partial charge is 0.355 e. The van der Waals surface area contributed by atoms with Gasteiger partial charge in [-0.1, -0.05) is 0 Å². The number of carboxylic acid groups (broad SMARTS) is 1. The molecule has 0 bridgehead atoms. The largest absolute Gasteiger partial charge is 0.476 e. The van der Waals surface area contributed by atoms with Crippen LogP contribution in [0.2, 0.25) is 0 Å². The lowest BCUT2D eigenvalue weighted by molar-refractivity contribution is 0.0685. The van der Waals surface area contributed by atoms with Crippen molar-refractivity contribution in [2.75, 3.05) is 0 Å². The summed E-state index contributed by atoms with van der Waals surface area (Å²) in [5, 5.41) is 8.69. The molecule has 0 aliphatic carbocycles. The van der Waals surface area contributed by atoms with Crippen LogP contribution < -0.4 is 0 Å². The summed E-state index contributed by atoms with van der Waals surface area (Å²) < 4.78 is 2.76. The van der Waals surface area contributed by atoms with Gasteiger partial charge in [0.1, 0.15) is 3.70 Å². The van der Waals surface area contributed by atoms with Crippen LogP contribution >= 0.6 is 45.2 Å². The Balaban J connectivity index is 3.34. The highest BCUT2D eigenvalue weighted by molar-refractivity contribution is 14.1. The Labute approximate surface area is 90.3 Å². The van der Waals surface area contributed by atoms with Crippen LogP contribution in [0.25, 0.3) is 0 Å². The van der Waals surface area contributed by atoms with Gasteiger partial charge >= 0.3 is 5.97 Å². The molecular weight excluding hydrogens is 374 g/mol. The summed E-state index contributed by atoms with van der Waals surface area (Å²) >= 11 is 3.89. The number of nitrogens with zero attached hydrogens (tertiary/aromatic N) is 2. The van der Waals surface area contributed by atoms with E-state index in [4.69, 9.17) is 5.11 Å². The van der Waals surface area contributed by atoms with E-state index in [-0.39, 0.29) is 5.69 Å². The van der Waals surface area contributed by atoms with Crippen molar-refractivity contribution in [1.82, 2.24) is 9.55 Å². The molecule has 0 atom stereocenters. The van der Waals surface area contributed by atoms with Crippen molar-refractivity contribution in [3.63, 3.8) is 0 Å². The summed E-state index contributed by atoms with van der Waals surface area (Å²) in [5.74, 6) is -0.938. The zero-order valence-electron chi connectivity index (χ0n) is 5.51. The topological polar surface area (TPSA) is 55.1 Å². The molecular formula is C5H4I2N2O2. The van der Waals surface area contributed by atoms with E-state index in [9.17, 15) is 4.79 Å². The van der Waals surface area contributed by atoms with Crippen molar-refractivity contribution in [3.8, 4) is 0 Å². The van der Waals surface area contributed by atoms with Crippen molar-refractivity contribution in [2.24, 2.45) is 7.05 Å². The summed E-state index contributed by atoms with van der Waals surface area (Å²) in [4.78, 5) is 14.6. The SMILES string of the molecule is Cn1c(I)nc(I)c1C(=O)O. The lowest BCUT2D eigenvalue weighted by Gasteiger charge is -1.95. The van der Waals surface area contributed by atoms with Crippen LogP contribution in [0.3, 0.4) is 0 Å². The molecule has 1 aromatic heterocycles. The highest BCUT2D eigenvalue weighted by atomic mass is 127. The maximum Gasteiger partial charge on any atom is 0.355 e. The van der Waals surface area contributed by atoms with E-state index in [0.717, 1.165) is 0 Å². The number of imidazole rings is 1. The summed E-state index contributed by atoms with van der Waals surface area (Å²) in [5.41, 5.74) is 0.245. The van der Waals surface area contributed by atoms with Gasteiger partial charge in [-0.3, -0.25) is 0 Å². The number of rotatable bonds is 1. The highest BCUT2D eigenvalue weighted by Crippen LogP contribution is 2.13. The molecule has 0 fully saturated rings. The molecule has 0 spiro atoms. The molecule has 1 rings (SSSR count). The van der Waals surface area contributed by atoms with Crippen LogP contribution in [0, 0.1) is 7.53 Å². The molecule has 6 heteroatoms. The number of aromatic carboxylic acids is 1. The van der Waals surface area contributed by atoms with Crippen LogP contribution in [0.15, 0.2) is 0 Å². The first-order valence-electron chi connectivity index (χ1n) is 2.65. The van der Waals surface area contributed by atoms with Gasteiger partial charge in [0, 0.05) is 7.05 Å². The zero-order chi connectivity index (χ0) is 8.59. The third-order valence-corrected chi connectivity index (χ3v) is 2.92. The van der Waals surface area contributed by atoms with E-state index in [1.807, 2.05) is 45.2 Å². The minimum atomic E-state index is -0.938. The van der Waals surface area contributed by atoms with Gasteiger partial charge in [0.2, 0.25) is 0 Å². The normalized spacial score (nSPS) is 10.1. The Hall–Kier alpha value is 0.140. The second-order valence-electron chi connectivity index (χ2n) is 1.88. The van der Waals surface area contributed by atoms with Crippen LogP contribution in [0.1, 0.15) is 10.5 Å². The van der Waals surface area contributed by atoms with Crippen molar-refractivity contribution in [3.05, 3.63) is 13.2 Å². The lowest BCUT2D eigenvalue weighted by atomic mass is 10.5. The van der Waals surface area contributed by atoms with Gasteiger partial charge in [-0.15, -0.1) is 0 Å². The second-order valence-corrected chi connectivity index (χ2v) is 3.87. The van der Waals surface area contributed by atoms with Crippen molar-refractivity contribution in [2.45, 2.75) is 0 Å². The molecule has 0 radical (unpaired) electrons. The van der Waals surface area contributed by atoms with E-state index in [1.165, 1.54) is 0 Å². The summed E-state index contributed by atoms with van der Waals surface area (Å²) in [6, 6.07) is 0. The average molecular weight is 378 g/mol. The van der Waals surface area contributed by atoms with Gasteiger partial charge < -0.3 is 9.67 Å². The maximum absolute atomic E-state index is 10.6. The predicted molar refractivity (Wildman–Crippen MR) is 55.6 cm³/mol. The Morgan fingerprint density at radius 2 is 2.18 bits per heavy atom. The van der Waals surface area contributed by atoms with E-state index < -0.39 is 5.97 Å². The van der Waals surface area contributed by atoms with Crippen LogP contribution in [0.5, 0.6) is 0 Å². The third kappa shape index (κ3) is 1.66. The highest BCUT2D eigenvalue weighted by Gasteiger charge is 2.16. The minimum absolute atomic E-state index is 0.245. The molecule has 11 heavy (non-hydrogen) atoms. The van der Waals surface area contributed by atoms with E-state index in [2.05, 4.69) is 4.98 Å². The van der Waals surface area contributed by atoms with Crippen LogP contribution in [0.4, 0.5) is 0 Å². The quantitative estimate of drug-likeness (QED) is 0.751. The van der Waals surface area contributed by atoms with Gasteiger partial charge in [-0.25, -0.2) is 9.78 Å². The first-order chi connectivity index (χ1) is 5.04. The Kier molecular flexibility index (Phi) is 2.73. The monoisotopic (exact) mass is 378 g/mol. The lowest BCUT2D eigenvalue weighted by Crippen LogP contribution is -2.06. The molecule has 0 amide bonds. The Morgan fingerprint density at radius 1 is 1.64 bits per heavy atom. The second kappa shape index (κ2) is 3.25. The van der Waals surface area contributed by atoms with Crippen LogP contribution in [-0.4, -0.2) is 20.6 Å². The van der Waals surface area contributed by atoms with Gasteiger partial charge in [-0.05, 0) is 45.2 Å². The molecule has 1 heterocycles. The zero-order valence-corrected chi connectivity index (χ0v) is 9.82. The minimum Gasteiger partial charge on any atom is -0.476 e. The fourth-order valence-electron chi connectivity index (χ4n) is 0.671. The summed E-state index contributed by atoms with van der Waals surface area (Å²) in [7, 11) is 1.68. The molecule has 1 N–H and O–H groups in total. The fourth-order valence-corrected chi connectivity index (χ4v) is 2.44. The van der Waals surface area contributed by atoms with Crippen molar-refractivity contribution < 1.29 is 9.90 Å². The predicted octanol–water partition coefficient (Wildman–Crippen LogP) is 1.33. The first kappa shape index (κ1) is 9.23. The number of carboxylic acids is 1. The molecule has 0 aliphatic heterocycles. The number of hydrogen-bond donors (Lipinski definition) is 1. The Bertz CT molecular complexity index is 308. The van der Waals surface area contributed by atoms with Gasteiger partial charge in [-0.2, -0.15) is 0 Å². The molecule has 0 unspecified atom stereocenters. The molecule has 4 nitrogen and oxygen atoms in total. The van der Waals surface area contributed by atoms with Crippen molar-refractivity contribution in [1.29, 1.82) is 0 Å². The summed E-state index contributed by atoms with van der Waals surface area (Å²) in [6.45, 7) is 0. The van der Waals surface area contributed by atoms with Crippen molar-refractivity contribution >= 4 is 51.2 Å². The molecule has 0 saturated carbocycles. The number of aromatic nitrogens is 2. The average Bonchev–Trinajstić information content (AvgIpc) is 2.07. The molecule has 60 valence electrons. The van der Waals surface area contributed by atoms with Crippen LogP contribution in [-0.2, 0) is 7.05 Å². The van der Waals surface area contributed by atoms with E-state index >= 15 is 0 Å². The molecule has 0 saturated heterocycles. The molecule has 0 aromatic carbocycles. The molecule has 0 aliphatic rings. The maximum atomic E-state index is 10.6. The Morgan fingerprint density at radius 3 is 2.36 bits per heavy atom.